The lowest BCUT2D eigenvalue weighted by Crippen LogP contribution is -2.46. The summed E-state index contributed by atoms with van der Waals surface area (Å²) in [6, 6.07) is 9.97. The highest BCUT2D eigenvalue weighted by molar-refractivity contribution is 5.80. The monoisotopic (exact) mass is 658 g/mol. The third kappa shape index (κ3) is 9.33. The number of amides is 1. The number of H-pyrrole nitrogens is 1. The Balaban J connectivity index is 1.00. The number of nitrogens with one attached hydrogen (secondary N) is 1. The molecule has 0 radical (unpaired) electrons. The number of hydrogen-bond donors (Lipinski definition) is 1. The van der Waals surface area contributed by atoms with Crippen LogP contribution in [0.3, 0.4) is 0 Å². The summed E-state index contributed by atoms with van der Waals surface area (Å²) in [5, 5.41) is 0. The van der Waals surface area contributed by atoms with Gasteiger partial charge in [0.05, 0.1) is 19.5 Å². The molecule has 1 spiro atoms. The molecule has 2 aliphatic heterocycles. The fourth-order valence-electron chi connectivity index (χ4n) is 7.86. The van der Waals surface area contributed by atoms with Crippen LogP contribution in [-0.2, 0) is 47.0 Å². The van der Waals surface area contributed by atoms with Gasteiger partial charge in [0.15, 0.2) is 6.61 Å². The molecule has 2 saturated heterocycles. The van der Waals surface area contributed by atoms with Crippen LogP contribution in [0.2, 0.25) is 0 Å². The summed E-state index contributed by atoms with van der Waals surface area (Å²) >= 11 is 0. The van der Waals surface area contributed by atoms with Crippen molar-refractivity contribution in [2.45, 2.75) is 96.6 Å². The van der Waals surface area contributed by atoms with Gasteiger partial charge in [0, 0.05) is 71.1 Å². The van der Waals surface area contributed by atoms with E-state index in [0.717, 1.165) is 30.8 Å². The van der Waals surface area contributed by atoms with E-state index in [1.807, 2.05) is 17.0 Å². The molecule has 260 valence electrons. The van der Waals surface area contributed by atoms with Crippen LogP contribution in [-0.4, -0.2) is 104 Å². The molecule has 1 amide bonds. The molecule has 48 heavy (non-hydrogen) atoms. The van der Waals surface area contributed by atoms with E-state index in [0.29, 0.717) is 25.0 Å². The number of carbonyl (C=O) groups is 2. The van der Waals surface area contributed by atoms with Gasteiger partial charge in [0.25, 0.3) is 5.91 Å². The van der Waals surface area contributed by atoms with Gasteiger partial charge in [-0.1, -0.05) is 43.5 Å². The van der Waals surface area contributed by atoms with Gasteiger partial charge < -0.3 is 24.1 Å². The van der Waals surface area contributed by atoms with Crippen LogP contribution >= 0.6 is 0 Å². The maximum absolute atomic E-state index is 12.3. The molecule has 1 aliphatic carbocycles. The summed E-state index contributed by atoms with van der Waals surface area (Å²) < 4.78 is 7.13. The second kappa shape index (κ2) is 16.2. The van der Waals surface area contributed by atoms with Crippen molar-refractivity contribution in [3.8, 4) is 0 Å². The van der Waals surface area contributed by atoms with Crippen molar-refractivity contribution in [3.63, 3.8) is 0 Å². The minimum Gasteiger partial charge on any atom is -0.456 e. The zero-order chi connectivity index (χ0) is 33.3. The Hall–Kier alpha value is -3.54. The Kier molecular flexibility index (Phi) is 11.6. The molecule has 11 nitrogen and oxygen atoms in total. The molecule has 2 aromatic heterocycles. The molecule has 3 aromatic rings. The maximum Gasteiger partial charge on any atom is 0.308 e. The van der Waals surface area contributed by atoms with Crippen molar-refractivity contribution in [2.24, 2.45) is 5.41 Å². The molecule has 4 heterocycles. The number of nitrogens with zero attached hydrogens (tertiary/aromatic N) is 7. The highest BCUT2D eigenvalue weighted by Gasteiger charge is 2.41. The van der Waals surface area contributed by atoms with Gasteiger partial charge >= 0.3 is 5.97 Å². The number of ether oxygens (including phenoxy) is 1. The van der Waals surface area contributed by atoms with E-state index in [2.05, 4.69) is 53.9 Å². The van der Waals surface area contributed by atoms with E-state index in [-0.39, 0.29) is 18.9 Å². The van der Waals surface area contributed by atoms with E-state index < -0.39 is 5.97 Å². The molecule has 1 aromatic carbocycles. The number of imidazole rings is 2. The Morgan fingerprint density at radius 3 is 2.42 bits per heavy atom. The molecule has 0 bridgehead atoms. The fourth-order valence-corrected chi connectivity index (χ4v) is 7.86. The number of rotatable bonds is 14. The number of piperidine rings is 1. The lowest BCUT2D eigenvalue weighted by Gasteiger charge is -2.43. The molecular formula is C37H54N8O3. The largest absolute Gasteiger partial charge is 0.456 e. The summed E-state index contributed by atoms with van der Waals surface area (Å²) in [5.74, 6) is 1.12. The molecule has 1 N–H and O–H groups in total. The van der Waals surface area contributed by atoms with Crippen LogP contribution in [0.15, 0.2) is 49.1 Å². The van der Waals surface area contributed by atoms with E-state index in [4.69, 9.17) is 4.74 Å². The first-order valence-corrected chi connectivity index (χ1v) is 17.9. The zero-order valence-electron chi connectivity index (χ0n) is 29.0. The third-order valence-electron chi connectivity index (χ3n) is 10.8. The van der Waals surface area contributed by atoms with Gasteiger partial charge in [-0.15, -0.1) is 0 Å². The summed E-state index contributed by atoms with van der Waals surface area (Å²) in [6.45, 7) is 8.24. The van der Waals surface area contributed by atoms with Crippen molar-refractivity contribution in [3.05, 3.63) is 71.8 Å². The van der Waals surface area contributed by atoms with Gasteiger partial charge in [-0.25, -0.2) is 9.97 Å². The van der Waals surface area contributed by atoms with E-state index in [9.17, 15) is 9.59 Å². The number of aryl methyl sites for hydroxylation is 1. The topological polar surface area (TPSA) is 103 Å². The van der Waals surface area contributed by atoms with Crippen LogP contribution in [0.4, 0.5) is 0 Å². The van der Waals surface area contributed by atoms with E-state index >= 15 is 0 Å². The SMILES string of the molecule is CN(C)C(=O)COC(=O)CCn1ccnc1CN(Cc1ccc(CN2CCC3(CCN(C4CCCCC4)CC3)C2)cc1)Cc1ncc[nH]1. The van der Waals surface area contributed by atoms with Crippen LogP contribution in [0, 0.1) is 5.41 Å². The van der Waals surface area contributed by atoms with Gasteiger partial charge in [-0.05, 0) is 68.3 Å². The molecule has 3 fully saturated rings. The smallest absolute Gasteiger partial charge is 0.308 e. The van der Waals surface area contributed by atoms with Crippen LogP contribution in [0.25, 0.3) is 0 Å². The number of benzene rings is 1. The van der Waals surface area contributed by atoms with Crippen molar-refractivity contribution in [1.29, 1.82) is 0 Å². The number of aromatic nitrogens is 4. The second-order valence-electron chi connectivity index (χ2n) is 14.5. The van der Waals surface area contributed by atoms with Crippen LogP contribution < -0.4 is 0 Å². The Morgan fingerprint density at radius 1 is 0.938 bits per heavy atom. The first-order chi connectivity index (χ1) is 23.3. The highest BCUT2D eigenvalue weighted by Crippen LogP contribution is 2.42. The maximum atomic E-state index is 12.3. The quantitative estimate of drug-likeness (QED) is 0.254. The Morgan fingerprint density at radius 2 is 1.69 bits per heavy atom. The second-order valence-corrected chi connectivity index (χ2v) is 14.5. The van der Waals surface area contributed by atoms with Crippen LogP contribution in [0.5, 0.6) is 0 Å². The van der Waals surface area contributed by atoms with Gasteiger partial charge in [-0.2, -0.15) is 0 Å². The Labute approximate surface area is 285 Å². The Bertz CT molecular complexity index is 1440. The fraction of sp³-hybridized carbons (Fsp3) is 0.622. The number of esters is 1. The number of likely N-dealkylation sites (N-methyl/N-ethyl adjacent to an activating group) is 1. The predicted octanol–water partition coefficient (Wildman–Crippen LogP) is 4.45. The molecule has 11 heteroatoms. The number of carbonyl (C=O) groups excluding carboxylic acids is 2. The summed E-state index contributed by atoms with van der Waals surface area (Å²) in [7, 11) is 3.28. The minimum atomic E-state index is -0.401. The average Bonchev–Trinajstić information content (AvgIpc) is 3.87. The van der Waals surface area contributed by atoms with Crippen molar-refractivity contribution in [2.75, 3.05) is 46.9 Å². The van der Waals surface area contributed by atoms with Gasteiger partial charge in [-0.3, -0.25) is 19.4 Å². The standard InChI is InChI=1S/C37H54N8O3/c1-41(2)35(46)28-48-36(47)12-19-45-23-18-40-34(45)27-43(26-33-38-16-17-39-33)25-31-10-8-30(9-11-31)24-42-20-13-37(29-42)14-21-44(22-15-37)32-6-4-3-5-7-32/h8-11,16-18,23,32H,3-7,12-15,19-22,24-29H2,1-2H3,(H,38,39). The van der Waals surface area contributed by atoms with Crippen molar-refractivity contribution >= 4 is 11.9 Å². The van der Waals surface area contributed by atoms with Crippen LogP contribution in [0.1, 0.15) is 80.6 Å². The first kappa shape index (κ1) is 34.3. The third-order valence-corrected chi connectivity index (χ3v) is 10.8. The molecule has 0 atom stereocenters. The highest BCUT2D eigenvalue weighted by atomic mass is 16.5. The van der Waals surface area contributed by atoms with E-state index in [1.54, 1.807) is 26.5 Å². The summed E-state index contributed by atoms with van der Waals surface area (Å²) in [6.07, 6.45) is 18.6. The summed E-state index contributed by atoms with van der Waals surface area (Å²) in [4.78, 5) is 45.6. The number of likely N-dealkylation sites (tertiary alicyclic amines) is 2. The number of hydrogen-bond acceptors (Lipinski definition) is 8. The molecule has 1 saturated carbocycles. The molecule has 3 aliphatic rings. The molecule has 0 unspecified atom stereocenters. The normalized spacial score (nSPS) is 18.9. The predicted molar refractivity (Wildman–Crippen MR) is 184 cm³/mol. The van der Waals surface area contributed by atoms with Crippen molar-refractivity contribution < 1.29 is 14.3 Å². The number of aromatic amines is 1. The first-order valence-electron chi connectivity index (χ1n) is 17.9. The lowest BCUT2D eigenvalue weighted by molar-refractivity contribution is -0.151. The molecule has 6 rings (SSSR count). The zero-order valence-corrected chi connectivity index (χ0v) is 29.0. The van der Waals surface area contributed by atoms with Gasteiger partial charge in [0.1, 0.15) is 11.6 Å². The lowest BCUT2D eigenvalue weighted by atomic mass is 9.77. The minimum absolute atomic E-state index is 0.167. The van der Waals surface area contributed by atoms with E-state index in [1.165, 1.54) is 93.6 Å². The molecular weight excluding hydrogens is 604 g/mol. The summed E-state index contributed by atoms with van der Waals surface area (Å²) in [5.41, 5.74) is 3.14. The van der Waals surface area contributed by atoms with Gasteiger partial charge in [0.2, 0.25) is 0 Å². The average molecular weight is 659 g/mol. The van der Waals surface area contributed by atoms with Crippen molar-refractivity contribution in [1.82, 2.24) is 39.1 Å².